The highest BCUT2D eigenvalue weighted by Crippen LogP contribution is 2.40. The first-order valence-electron chi connectivity index (χ1n) is 10.4. The summed E-state index contributed by atoms with van der Waals surface area (Å²) >= 11 is 13.0. The lowest BCUT2D eigenvalue weighted by Crippen LogP contribution is -2.37. The van der Waals surface area contributed by atoms with E-state index in [9.17, 15) is 0 Å². The van der Waals surface area contributed by atoms with Crippen LogP contribution < -0.4 is 0 Å². The van der Waals surface area contributed by atoms with E-state index in [1.54, 1.807) is 12.4 Å². The highest BCUT2D eigenvalue weighted by molar-refractivity contribution is 6.73. The molecule has 1 fully saturated rings. The number of ether oxygens (including phenoxy) is 1. The lowest BCUT2D eigenvalue weighted by molar-refractivity contribution is -0.0200. The first-order chi connectivity index (χ1) is 12.8. The number of rotatable bonds is 10. The third kappa shape index (κ3) is 6.17. The first-order valence-corrected chi connectivity index (χ1v) is 13.7. The molecule has 1 unspecified atom stereocenters. The molecule has 1 aromatic heterocycles. The van der Waals surface area contributed by atoms with Crippen molar-refractivity contribution in [1.82, 2.24) is 4.98 Å². The summed E-state index contributed by atoms with van der Waals surface area (Å²) < 4.78 is 13.0. The van der Waals surface area contributed by atoms with Crippen molar-refractivity contribution in [1.29, 1.82) is 0 Å². The fraction of sp³-hybridized carbons (Fsp3) is 0.762. The SMILES string of the molecule is CC[Si](CC)(CC)OC(CCC[C@H]1CCC(C)(C)O1)c1c(Cl)cncc1Cl. The molecule has 1 saturated heterocycles. The van der Waals surface area contributed by atoms with Gasteiger partial charge < -0.3 is 9.16 Å². The standard InChI is InChI=1S/C21H35Cl2NO2Si/c1-6-27(7-2,8-3)26-19(20-17(22)14-24-15-18(20)23)11-9-10-16-12-13-21(4,5)25-16/h14-16,19H,6-13H2,1-5H3/t16-,19?/m0/s1. The molecule has 154 valence electrons. The molecule has 1 aromatic rings. The van der Waals surface area contributed by atoms with Crippen molar-refractivity contribution >= 4 is 31.5 Å². The summed E-state index contributed by atoms with van der Waals surface area (Å²) in [5, 5.41) is 1.22. The van der Waals surface area contributed by atoms with Crippen LogP contribution in [-0.4, -0.2) is 25.0 Å². The van der Waals surface area contributed by atoms with Crippen LogP contribution in [0, 0.1) is 0 Å². The van der Waals surface area contributed by atoms with Gasteiger partial charge in [0.2, 0.25) is 0 Å². The highest BCUT2D eigenvalue weighted by Gasteiger charge is 2.35. The van der Waals surface area contributed by atoms with Crippen molar-refractivity contribution < 1.29 is 9.16 Å². The summed E-state index contributed by atoms with van der Waals surface area (Å²) in [4.78, 5) is 4.11. The van der Waals surface area contributed by atoms with Crippen LogP contribution in [0.4, 0.5) is 0 Å². The minimum absolute atomic E-state index is 0.0208. The van der Waals surface area contributed by atoms with E-state index >= 15 is 0 Å². The third-order valence-electron chi connectivity index (χ3n) is 6.08. The Bertz CT molecular complexity index is 579. The molecule has 0 radical (unpaired) electrons. The lowest BCUT2D eigenvalue weighted by Gasteiger charge is -2.34. The smallest absolute Gasteiger partial charge is 0.192 e. The number of aromatic nitrogens is 1. The molecule has 27 heavy (non-hydrogen) atoms. The van der Waals surface area contributed by atoms with Gasteiger partial charge in [0.25, 0.3) is 0 Å². The molecule has 0 amide bonds. The van der Waals surface area contributed by atoms with Gasteiger partial charge in [-0.2, -0.15) is 0 Å². The fourth-order valence-corrected chi connectivity index (χ4v) is 7.55. The molecule has 0 aliphatic carbocycles. The van der Waals surface area contributed by atoms with Crippen LogP contribution in [0.2, 0.25) is 28.2 Å². The maximum Gasteiger partial charge on any atom is 0.192 e. The van der Waals surface area contributed by atoms with Crippen LogP contribution in [0.1, 0.15) is 78.4 Å². The average Bonchev–Trinajstić information content (AvgIpc) is 2.98. The maximum absolute atomic E-state index is 6.84. The predicted octanol–water partition coefficient (Wildman–Crippen LogP) is 7.58. The molecule has 2 rings (SSSR count). The summed E-state index contributed by atoms with van der Waals surface area (Å²) in [6.45, 7) is 11.1. The van der Waals surface area contributed by atoms with E-state index < -0.39 is 8.32 Å². The van der Waals surface area contributed by atoms with Crippen molar-refractivity contribution in [3.63, 3.8) is 0 Å². The molecule has 0 aromatic carbocycles. The van der Waals surface area contributed by atoms with E-state index in [0.717, 1.165) is 55.8 Å². The van der Waals surface area contributed by atoms with Crippen molar-refractivity contribution in [2.75, 3.05) is 0 Å². The Balaban J connectivity index is 2.12. The molecule has 0 spiro atoms. The van der Waals surface area contributed by atoms with E-state index in [0.29, 0.717) is 16.1 Å². The number of halogens is 2. The number of nitrogens with zero attached hydrogens (tertiary/aromatic N) is 1. The van der Waals surface area contributed by atoms with E-state index in [4.69, 9.17) is 32.4 Å². The zero-order chi connectivity index (χ0) is 20.1. The summed E-state index contributed by atoms with van der Waals surface area (Å²) in [6.07, 6.45) is 8.94. The fourth-order valence-electron chi connectivity index (χ4n) is 4.10. The minimum atomic E-state index is -1.78. The van der Waals surface area contributed by atoms with E-state index in [1.807, 2.05) is 0 Å². The quantitative estimate of drug-likeness (QED) is 0.357. The number of hydrogen-bond acceptors (Lipinski definition) is 3. The Morgan fingerprint density at radius 1 is 1.19 bits per heavy atom. The summed E-state index contributed by atoms with van der Waals surface area (Å²) in [5.74, 6) is 0. The van der Waals surface area contributed by atoms with Crippen LogP contribution >= 0.6 is 23.2 Å². The highest BCUT2D eigenvalue weighted by atomic mass is 35.5. The Hall–Kier alpha value is -0.133. The van der Waals surface area contributed by atoms with Crippen LogP contribution in [0.15, 0.2) is 12.4 Å². The molecule has 0 saturated carbocycles. The van der Waals surface area contributed by atoms with Gasteiger partial charge in [-0.15, -0.1) is 0 Å². The Morgan fingerprint density at radius 3 is 2.26 bits per heavy atom. The molecular weight excluding hydrogens is 397 g/mol. The predicted molar refractivity (Wildman–Crippen MR) is 117 cm³/mol. The molecule has 2 heterocycles. The molecular formula is C21H35Cl2NO2Si. The Kier molecular flexibility index (Phi) is 8.63. The zero-order valence-electron chi connectivity index (χ0n) is 17.5. The summed E-state index contributed by atoms with van der Waals surface area (Å²) in [6, 6.07) is 3.32. The second kappa shape index (κ2) is 10.1. The Labute approximate surface area is 176 Å². The van der Waals surface area contributed by atoms with Gasteiger partial charge in [0, 0.05) is 18.0 Å². The molecule has 1 aliphatic heterocycles. The number of hydrogen-bond donors (Lipinski definition) is 0. The normalized spacial score (nSPS) is 20.8. The molecule has 2 atom stereocenters. The largest absolute Gasteiger partial charge is 0.410 e. The topological polar surface area (TPSA) is 31.4 Å². The van der Waals surface area contributed by atoms with E-state index in [1.165, 1.54) is 0 Å². The Morgan fingerprint density at radius 2 is 1.78 bits per heavy atom. The monoisotopic (exact) mass is 431 g/mol. The van der Waals surface area contributed by atoms with Gasteiger partial charge in [0.15, 0.2) is 8.32 Å². The molecule has 1 aliphatic rings. The second-order valence-corrected chi connectivity index (χ2v) is 13.9. The van der Waals surface area contributed by atoms with Gasteiger partial charge >= 0.3 is 0 Å². The minimum Gasteiger partial charge on any atom is -0.410 e. The second-order valence-electron chi connectivity index (χ2n) is 8.34. The average molecular weight is 433 g/mol. The van der Waals surface area contributed by atoms with Crippen molar-refractivity contribution in [2.24, 2.45) is 0 Å². The zero-order valence-corrected chi connectivity index (χ0v) is 20.0. The van der Waals surface area contributed by atoms with Crippen LogP contribution in [-0.2, 0) is 9.16 Å². The van der Waals surface area contributed by atoms with Gasteiger partial charge in [0.05, 0.1) is 27.9 Å². The van der Waals surface area contributed by atoms with Gasteiger partial charge in [0.1, 0.15) is 0 Å². The molecule has 3 nitrogen and oxygen atoms in total. The van der Waals surface area contributed by atoms with Crippen LogP contribution in [0.5, 0.6) is 0 Å². The number of pyridine rings is 1. The van der Waals surface area contributed by atoms with Crippen LogP contribution in [0.25, 0.3) is 0 Å². The molecule has 0 bridgehead atoms. The molecule has 0 N–H and O–H groups in total. The van der Waals surface area contributed by atoms with Crippen molar-refractivity contribution in [3.8, 4) is 0 Å². The summed E-state index contributed by atoms with van der Waals surface area (Å²) in [7, 11) is -1.78. The van der Waals surface area contributed by atoms with Gasteiger partial charge in [-0.1, -0.05) is 44.0 Å². The van der Waals surface area contributed by atoms with Crippen molar-refractivity contribution in [2.45, 2.75) is 103 Å². The maximum atomic E-state index is 6.84. The lowest BCUT2D eigenvalue weighted by atomic mass is 10.0. The third-order valence-corrected chi connectivity index (χ3v) is 11.3. The van der Waals surface area contributed by atoms with Crippen LogP contribution in [0.3, 0.4) is 0 Å². The van der Waals surface area contributed by atoms with Gasteiger partial charge in [-0.25, -0.2) is 0 Å². The molecule has 6 heteroatoms. The van der Waals surface area contributed by atoms with Gasteiger partial charge in [-0.05, 0) is 64.1 Å². The van der Waals surface area contributed by atoms with Crippen molar-refractivity contribution in [3.05, 3.63) is 28.0 Å². The first kappa shape index (κ1) is 23.1. The van der Waals surface area contributed by atoms with Gasteiger partial charge in [-0.3, -0.25) is 4.98 Å². The van der Waals surface area contributed by atoms with E-state index in [-0.39, 0.29) is 11.7 Å². The van der Waals surface area contributed by atoms with E-state index in [2.05, 4.69) is 39.6 Å². The summed E-state index contributed by atoms with van der Waals surface area (Å²) in [5.41, 5.74) is 0.931.